The van der Waals surface area contributed by atoms with Crippen molar-refractivity contribution in [2.75, 3.05) is 11.9 Å². The Labute approximate surface area is 124 Å². The average molecular weight is 295 g/mol. The second kappa shape index (κ2) is 5.09. The van der Waals surface area contributed by atoms with Gasteiger partial charge in [-0.1, -0.05) is 18.5 Å². The number of halogens is 1. The normalized spacial score (nSPS) is 21.1. The van der Waals surface area contributed by atoms with Gasteiger partial charge in [-0.15, -0.1) is 0 Å². The Hall–Kier alpha value is -1.55. The fourth-order valence-corrected chi connectivity index (χ4v) is 3.09. The van der Waals surface area contributed by atoms with Crippen molar-refractivity contribution in [3.05, 3.63) is 44.6 Å². The van der Waals surface area contributed by atoms with Crippen molar-refractivity contribution in [2.45, 2.75) is 38.6 Å². The monoisotopic (exact) mass is 294 g/mol. The fraction of sp³-hybridized carbons (Fsp3) is 0.467. The number of anilines is 1. The van der Waals surface area contributed by atoms with E-state index in [1.807, 2.05) is 12.1 Å². The molecule has 1 atom stereocenters. The zero-order valence-corrected chi connectivity index (χ0v) is 12.9. The molecule has 0 fully saturated rings. The highest BCUT2D eigenvalue weighted by Gasteiger charge is 2.34. The number of rotatable bonds is 2. The van der Waals surface area contributed by atoms with Crippen molar-refractivity contribution >= 4 is 23.4 Å². The van der Waals surface area contributed by atoms with Gasteiger partial charge in [-0.3, -0.25) is 10.1 Å². The lowest BCUT2D eigenvalue weighted by Gasteiger charge is -2.45. The van der Waals surface area contributed by atoms with E-state index < -0.39 is 4.92 Å². The van der Waals surface area contributed by atoms with E-state index in [1.54, 1.807) is 0 Å². The Bertz CT molecular complexity index is 581. The molecule has 108 valence electrons. The molecule has 0 saturated heterocycles. The Morgan fingerprint density at radius 2 is 2.15 bits per heavy atom. The highest BCUT2D eigenvalue weighted by molar-refractivity contribution is 6.32. The molecular weight excluding hydrogens is 276 g/mol. The molecule has 1 aliphatic rings. The summed E-state index contributed by atoms with van der Waals surface area (Å²) < 4.78 is 0. The number of nitrogens with zero attached hydrogens (tertiary/aromatic N) is 2. The summed E-state index contributed by atoms with van der Waals surface area (Å²) >= 11 is 6.25. The minimum atomic E-state index is -0.478. The van der Waals surface area contributed by atoms with Crippen LogP contribution in [0.2, 0.25) is 5.02 Å². The topological polar surface area (TPSA) is 46.4 Å². The van der Waals surface area contributed by atoms with Gasteiger partial charge in [0, 0.05) is 24.4 Å². The van der Waals surface area contributed by atoms with Crippen LogP contribution in [0, 0.1) is 10.1 Å². The van der Waals surface area contributed by atoms with Gasteiger partial charge >= 0.3 is 0 Å². The predicted molar refractivity (Wildman–Crippen MR) is 83.0 cm³/mol. The zero-order valence-electron chi connectivity index (χ0n) is 12.2. The third-order valence-electron chi connectivity index (χ3n) is 4.13. The van der Waals surface area contributed by atoms with Gasteiger partial charge in [0.2, 0.25) is 6.20 Å². The summed E-state index contributed by atoms with van der Waals surface area (Å²) in [5, 5.41) is 11.0. The first-order valence-electron chi connectivity index (χ1n) is 6.61. The molecule has 2 rings (SSSR count). The van der Waals surface area contributed by atoms with Crippen LogP contribution >= 0.6 is 11.6 Å². The van der Waals surface area contributed by atoms with Crippen LogP contribution in [-0.2, 0) is 0 Å². The zero-order chi connectivity index (χ0) is 15.1. The van der Waals surface area contributed by atoms with E-state index in [0.29, 0.717) is 16.5 Å². The van der Waals surface area contributed by atoms with Crippen LogP contribution in [0.4, 0.5) is 5.69 Å². The van der Waals surface area contributed by atoms with Gasteiger partial charge in [0.05, 0.1) is 9.95 Å². The molecule has 0 spiro atoms. The van der Waals surface area contributed by atoms with E-state index in [9.17, 15) is 10.1 Å². The van der Waals surface area contributed by atoms with E-state index in [2.05, 4.69) is 32.7 Å². The second-order valence-electron chi connectivity index (χ2n) is 6.01. The van der Waals surface area contributed by atoms with E-state index in [0.717, 1.165) is 18.3 Å². The van der Waals surface area contributed by atoms with E-state index in [-0.39, 0.29) is 5.54 Å². The third-order valence-corrected chi connectivity index (χ3v) is 4.46. The molecular formula is C15H19ClN2O2. The molecule has 4 nitrogen and oxygen atoms in total. The maximum absolute atomic E-state index is 10.4. The highest BCUT2D eigenvalue weighted by atomic mass is 35.5. The van der Waals surface area contributed by atoms with Gasteiger partial charge in [-0.2, -0.15) is 0 Å². The standard InChI is InChI=1S/C15H19ClN2O2/c1-10-9-15(2,3)17(4)14-8-13(16)11(7-12(10)14)5-6-18(19)20/h5-8,10H,9H2,1-4H3/b6-5-/t10-/m0/s1. The molecule has 1 aromatic carbocycles. The van der Waals surface area contributed by atoms with Crippen molar-refractivity contribution in [1.82, 2.24) is 0 Å². The van der Waals surface area contributed by atoms with Gasteiger partial charge in [0.15, 0.2) is 0 Å². The molecule has 1 aliphatic heterocycles. The summed E-state index contributed by atoms with van der Waals surface area (Å²) in [6, 6.07) is 3.88. The molecule has 0 amide bonds. The molecule has 0 aromatic heterocycles. The quantitative estimate of drug-likeness (QED) is 0.603. The van der Waals surface area contributed by atoms with E-state index in [4.69, 9.17) is 11.6 Å². The molecule has 0 bridgehead atoms. The van der Waals surface area contributed by atoms with Gasteiger partial charge in [0.1, 0.15) is 0 Å². The highest BCUT2D eigenvalue weighted by Crippen LogP contribution is 2.44. The molecule has 5 heteroatoms. The van der Waals surface area contributed by atoms with E-state index in [1.165, 1.54) is 11.6 Å². The summed E-state index contributed by atoms with van der Waals surface area (Å²) in [6.45, 7) is 6.60. The molecule has 0 radical (unpaired) electrons. The Kier molecular flexibility index (Phi) is 3.78. The van der Waals surface area contributed by atoms with E-state index >= 15 is 0 Å². The van der Waals surface area contributed by atoms with Crippen LogP contribution in [0.1, 0.15) is 44.2 Å². The number of benzene rings is 1. The number of fused-ring (bicyclic) bond motifs is 1. The second-order valence-corrected chi connectivity index (χ2v) is 6.42. The number of nitro groups is 1. The maximum Gasteiger partial charge on any atom is 0.235 e. The Morgan fingerprint density at radius 3 is 2.75 bits per heavy atom. The van der Waals surface area contributed by atoms with Crippen LogP contribution in [0.3, 0.4) is 0 Å². The minimum Gasteiger partial charge on any atom is -0.369 e. The lowest BCUT2D eigenvalue weighted by Crippen LogP contribution is -2.45. The number of hydrogen-bond acceptors (Lipinski definition) is 3. The minimum absolute atomic E-state index is 0.0773. The lowest BCUT2D eigenvalue weighted by molar-refractivity contribution is -0.400. The summed E-state index contributed by atoms with van der Waals surface area (Å²) in [5.41, 5.74) is 3.08. The Balaban J connectivity index is 2.51. The van der Waals surface area contributed by atoms with Gasteiger partial charge in [-0.25, -0.2) is 0 Å². The fourth-order valence-electron chi connectivity index (χ4n) is 2.87. The van der Waals surface area contributed by atoms with Crippen molar-refractivity contribution in [1.29, 1.82) is 0 Å². The molecule has 1 aromatic rings. The third kappa shape index (κ3) is 2.66. The van der Waals surface area contributed by atoms with Crippen LogP contribution in [0.15, 0.2) is 18.3 Å². The Morgan fingerprint density at radius 1 is 1.50 bits per heavy atom. The van der Waals surface area contributed by atoms with Crippen molar-refractivity contribution < 1.29 is 4.92 Å². The SMILES string of the molecule is C[C@H]1CC(C)(C)N(C)c2cc(Cl)c(/C=C\[N+](=O)[O-])cc21. The van der Waals surface area contributed by atoms with Crippen LogP contribution in [-0.4, -0.2) is 17.5 Å². The molecule has 0 aliphatic carbocycles. The maximum atomic E-state index is 10.4. The average Bonchev–Trinajstić information content (AvgIpc) is 2.33. The van der Waals surface area contributed by atoms with Gasteiger partial charge in [0.25, 0.3) is 0 Å². The first-order chi connectivity index (χ1) is 9.22. The molecule has 0 N–H and O–H groups in total. The summed E-state index contributed by atoms with van der Waals surface area (Å²) in [4.78, 5) is 12.2. The van der Waals surface area contributed by atoms with Crippen LogP contribution in [0.25, 0.3) is 6.08 Å². The molecule has 20 heavy (non-hydrogen) atoms. The molecule has 0 unspecified atom stereocenters. The van der Waals surface area contributed by atoms with Crippen molar-refractivity contribution in [3.8, 4) is 0 Å². The van der Waals surface area contributed by atoms with Gasteiger partial charge in [-0.05, 0) is 49.4 Å². The lowest BCUT2D eigenvalue weighted by atomic mass is 9.80. The smallest absolute Gasteiger partial charge is 0.235 e. The summed E-state index contributed by atoms with van der Waals surface area (Å²) in [6.07, 6.45) is 3.42. The number of hydrogen-bond donors (Lipinski definition) is 0. The molecule has 0 saturated carbocycles. The van der Waals surface area contributed by atoms with Crippen molar-refractivity contribution in [2.24, 2.45) is 0 Å². The predicted octanol–water partition coefficient (Wildman–Crippen LogP) is 4.31. The van der Waals surface area contributed by atoms with Crippen molar-refractivity contribution in [3.63, 3.8) is 0 Å². The molecule has 1 heterocycles. The van der Waals surface area contributed by atoms with Crippen LogP contribution in [0.5, 0.6) is 0 Å². The summed E-state index contributed by atoms with van der Waals surface area (Å²) in [5.74, 6) is 0.399. The summed E-state index contributed by atoms with van der Waals surface area (Å²) in [7, 11) is 2.06. The van der Waals surface area contributed by atoms with Gasteiger partial charge < -0.3 is 4.90 Å². The first kappa shape index (κ1) is 14.9. The first-order valence-corrected chi connectivity index (χ1v) is 6.99. The van der Waals surface area contributed by atoms with Crippen LogP contribution < -0.4 is 4.90 Å². The largest absolute Gasteiger partial charge is 0.369 e.